The van der Waals surface area contributed by atoms with E-state index in [4.69, 9.17) is 0 Å². The molecule has 1 aliphatic heterocycles. The zero-order valence-corrected chi connectivity index (χ0v) is 10.9. The third-order valence-electron chi connectivity index (χ3n) is 3.69. The van der Waals surface area contributed by atoms with E-state index in [1.807, 2.05) is 12.3 Å². The molecular formula is C14H23N3. The highest BCUT2D eigenvalue weighted by molar-refractivity contribution is 5.17. The molecule has 1 saturated heterocycles. The fourth-order valence-corrected chi connectivity index (χ4v) is 2.49. The molecule has 0 spiro atoms. The molecular weight excluding hydrogens is 210 g/mol. The maximum atomic E-state index is 4.48. The van der Waals surface area contributed by atoms with E-state index >= 15 is 0 Å². The molecule has 1 atom stereocenters. The summed E-state index contributed by atoms with van der Waals surface area (Å²) in [6.07, 6.45) is 5.73. The molecule has 3 heteroatoms. The van der Waals surface area contributed by atoms with Crippen molar-refractivity contribution < 1.29 is 0 Å². The van der Waals surface area contributed by atoms with E-state index in [2.05, 4.69) is 35.2 Å². The fraction of sp³-hybridized carbons (Fsp3) is 0.643. The van der Waals surface area contributed by atoms with Crippen LogP contribution in [0.25, 0.3) is 0 Å². The average molecular weight is 233 g/mol. The number of hydrogen-bond acceptors (Lipinski definition) is 3. The summed E-state index contributed by atoms with van der Waals surface area (Å²) in [4.78, 5) is 6.94. The largest absolute Gasteiger partial charge is 0.317 e. The van der Waals surface area contributed by atoms with Gasteiger partial charge in [-0.3, -0.25) is 9.88 Å². The molecule has 0 radical (unpaired) electrons. The van der Waals surface area contributed by atoms with Crippen molar-refractivity contribution in [3.05, 3.63) is 29.6 Å². The number of nitrogens with one attached hydrogen (secondary N) is 1. The van der Waals surface area contributed by atoms with Crippen LogP contribution in [0, 0.1) is 6.92 Å². The maximum Gasteiger partial charge on any atom is 0.0573 e. The van der Waals surface area contributed by atoms with Crippen LogP contribution < -0.4 is 5.32 Å². The standard InChI is InChI=1S/C14H23N3/c1-12-5-3-9-16-14(12)11-17(2)13-6-4-8-15-10-7-13/h3,5,9,13,15H,4,6-8,10-11H2,1-2H3. The Hall–Kier alpha value is -0.930. The Labute approximate surface area is 104 Å². The molecule has 0 bridgehead atoms. The van der Waals surface area contributed by atoms with Crippen LogP contribution in [-0.2, 0) is 6.54 Å². The van der Waals surface area contributed by atoms with Crippen LogP contribution in [0.1, 0.15) is 30.5 Å². The van der Waals surface area contributed by atoms with Gasteiger partial charge in [0.2, 0.25) is 0 Å². The lowest BCUT2D eigenvalue weighted by atomic mass is 10.1. The number of aromatic nitrogens is 1. The van der Waals surface area contributed by atoms with Gasteiger partial charge in [-0.15, -0.1) is 0 Å². The fourth-order valence-electron chi connectivity index (χ4n) is 2.49. The van der Waals surface area contributed by atoms with Crippen molar-refractivity contribution in [2.75, 3.05) is 20.1 Å². The Morgan fingerprint density at radius 3 is 3.12 bits per heavy atom. The van der Waals surface area contributed by atoms with Crippen LogP contribution in [0.15, 0.2) is 18.3 Å². The second kappa shape index (κ2) is 6.12. The van der Waals surface area contributed by atoms with Crippen molar-refractivity contribution in [1.29, 1.82) is 0 Å². The first-order valence-electron chi connectivity index (χ1n) is 6.59. The summed E-state index contributed by atoms with van der Waals surface area (Å²) in [5, 5.41) is 3.47. The van der Waals surface area contributed by atoms with E-state index in [9.17, 15) is 0 Å². The lowest BCUT2D eigenvalue weighted by molar-refractivity contribution is 0.214. The Balaban J connectivity index is 1.95. The van der Waals surface area contributed by atoms with Crippen molar-refractivity contribution in [2.24, 2.45) is 0 Å². The lowest BCUT2D eigenvalue weighted by Crippen LogP contribution is -2.32. The molecule has 94 valence electrons. The Morgan fingerprint density at radius 2 is 2.29 bits per heavy atom. The summed E-state index contributed by atoms with van der Waals surface area (Å²) in [5.74, 6) is 0. The molecule has 0 saturated carbocycles. The van der Waals surface area contributed by atoms with E-state index in [1.54, 1.807) is 0 Å². The first kappa shape index (κ1) is 12.5. The monoisotopic (exact) mass is 233 g/mol. The van der Waals surface area contributed by atoms with Gasteiger partial charge >= 0.3 is 0 Å². The summed E-state index contributed by atoms with van der Waals surface area (Å²) in [7, 11) is 2.23. The van der Waals surface area contributed by atoms with E-state index in [-0.39, 0.29) is 0 Å². The zero-order valence-electron chi connectivity index (χ0n) is 10.9. The number of rotatable bonds is 3. The molecule has 3 nitrogen and oxygen atoms in total. The van der Waals surface area contributed by atoms with Gasteiger partial charge in [0.05, 0.1) is 5.69 Å². The van der Waals surface area contributed by atoms with Gasteiger partial charge in [0, 0.05) is 18.8 Å². The van der Waals surface area contributed by atoms with Crippen LogP contribution in [0.2, 0.25) is 0 Å². The lowest BCUT2D eigenvalue weighted by Gasteiger charge is -2.26. The first-order chi connectivity index (χ1) is 8.27. The minimum atomic E-state index is 0.700. The predicted molar refractivity (Wildman–Crippen MR) is 70.9 cm³/mol. The second-order valence-corrected chi connectivity index (χ2v) is 5.02. The third-order valence-corrected chi connectivity index (χ3v) is 3.69. The Kier molecular flexibility index (Phi) is 4.51. The smallest absolute Gasteiger partial charge is 0.0573 e. The topological polar surface area (TPSA) is 28.2 Å². The van der Waals surface area contributed by atoms with Gasteiger partial charge in [0.1, 0.15) is 0 Å². The highest BCUT2D eigenvalue weighted by Gasteiger charge is 2.17. The Morgan fingerprint density at radius 1 is 1.41 bits per heavy atom. The van der Waals surface area contributed by atoms with Gasteiger partial charge in [0.25, 0.3) is 0 Å². The van der Waals surface area contributed by atoms with Gasteiger partial charge in [-0.1, -0.05) is 6.07 Å². The van der Waals surface area contributed by atoms with Crippen molar-refractivity contribution in [1.82, 2.24) is 15.2 Å². The molecule has 1 aliphatic rings. The number of pyridine rings is 1. The summed E-state index contributed by atoms with van der Waals surface area (Å²) < 4.78 is 0. The molecule has 1 aromatic rings. The average Bonchev–Trinajstić information content (AvgIpc) is 2.61. The molecule has 1 fully saturated rings. The molecule has 0 aromatic carbocycles. The van der Waals surface area contributed by atoms with Gasteiger partial charge in [-0.2, -0.15) is 0 Å². The van der Waals surface area contributed by atoms with E-state index < -0.39 is 0 Å². The zero-order chi connectivity index (χ0) is 12.1. The van der Waals surface area contributed by atoms with Crippen LogP contribution >= 0.6 is 0 Å². The van der Waals surface area contributed by atoms with Crippen LogP contribution in [-0.4, -0.2) is 36.1 Å². The van der Waals surface area contributed by atoms with E-state index in [0.717, 1.165) is 13.1 Å². The van der Waals surface area contributed by atoms with Gasteiger partial charge in [-0.25, -0.2) is 0 Å². The molecule has 1 N–H and O–H groups in total. The minimum Gasteiger partial charge on any atom is -0.317 e. The number of aryl methyl sites for hydroxylation is 1. The molecule has 2 heterocycles. The number of nitrogens with zero attached hydrogens (tertiary/aromatic N) is 2. The first-order valence-corrected chi connectivity index (χ1v) is 6.59. The molecule has 1 aromatic heterocycles. The summed E-state index contributed by atoms with van der Waals surface area (Å²) in [6.45, 7) is 5.44. The summed E-state index contributed by atoms with van der Waals surface area (Å²) >= 11 is 0. The molecule has 2 rings (SSSR count). The molecule has 0 amide bonds. The van der Waals surface area contributed by atoms with Crippen LogP contribution in [0.5, 0.6) is 0 Å². The van der Waals surface area contributed by atoms with Gasteiger partial charge in [0.15, 0.2) is 0 Å². The predicted octanol–water partition coefficient (Wildman–Crippen LogP) is 1.96. The number of hydrogen-bond donors (Lipinski definition) is 1. The van der Waals surface area contributed by atoms with E-state index in [1.165, 1.54) is 37.1 Å². The molecule has 17 heavy (non-hydrogen) atoms. The maximum absolute atomic E-state index is 4.48. The normalized spacial score (nSPS) is 21.5. The summed E-state index contributed by atoms with van der Waals surface area (Å²) in [5.41, 5.74) is 2.51. The Bertz CT molecular complexity index is 343. The minimum absolute atomic E-state index is 0.700. The highest BCUT2D eigenvalue weighted by atomic mass is 15.1. The van der Waals surface area contributed by atoms with Crippen molar-refractivity contribution >= 4 is 0 Å². The van der Waals surface area contributed by atoms with Crippen molar-refractivity contribution in [3.63, 3.8) is 0 Å². The van der Waals surface area contributed by atoms with Gasteiger partial charge < -0.3 is 5.32 Å². The summed E-state index contributed by atoms with van der Waals surface area (Å²) in [6, 6.07) is 4.85. The van der Waals surface area contributed by atoms with Crippen LogP contribution in [0.3, 0.4) is 0 Å². The second-order valence-electron chi connectivity index (χ2n) is 5.02. The van der Waals surface area contributed by atoms with Crippen LogP contribution in [0.4, 0.5) is 0 Å². The van der Waals surface area contributed by atoms with Crippen molar-refractivity contribution in [2.45, 2.75) is 38.8 Å². The SMILES string of the molecule is Cc1cccnc1CN(C)C1CCCNCC1. The molecule has 0 aliphatic carbocycles. The van der Waals surface area contributed by atoms with Gasteiger partial charge in [-0.05, 0) is 58.0 Å². The highest BCUT2D eigenvalue weighted by Crippen LogP contribution is 2.15. The van der Waals surface area contributed by atoms with Crippen molar-refractivity contribution in [3.8, 4) is 0 Å². The third kappa shape index (κ3) is 3.51. The molecule has 1 unspecified atom stereocenters. The quantitative estimate of drug-likeness (QED) is 0.865. The van der Waals surface area contributed by atoms with E-state index in [0.29, 0.717) is 6.04 Å².